The molecule has 0 N–H and O–H groups in total. The molecule has 0 fully saturated rings. The number of esters is 1. The maximum atomic E-state index is 12.5. The molecule has 0 bridgehead atoms. The van der Waals surface area contributed by atoms with Gasteiger partial charge in [0.25, 0.3) is 0 Å². The predicted octanol–water partition coefficient (Wildman–Crippen LogP) is 7.14. The van der Waals surface area contributed by atoms with E-state index in [9.17, 15) is 4.79 Å². The minimum atomic E-state index is -0.498. The summed E-state index contributed by atoms with van der Waals surface area (Å²) in [6, 6.07) is 25.6. The fourth-order valence-electron chi connectivity index (χ4n) is 3.71. The maximum Gasteiger partial charge on any atom is 0.363 e. The number of carbonyl (C=O) groups is 1. The number of nitrogens with zero attached hydrogens (tertiary/aromatic N) is 1. The Labute approximate surface area is 224 Å². The average Bonchev–Trinajstić information content (AvgIpc) is 3.23. The standard InChI is InChI=1S/C28H19BrINO4/c1-33-25-14-18(12-23(29)26(25)34-16-17-6-10-22(30)11-7-17)13-24-28(32)35-27(31-24)21-9-8-19-4-2-3-5-20(19)15-21/h2-15H,16H2,1H3/b24-13-. The van der Waals surface area contributed by atoms with E-state index in [-0.39, 0.29) is 11.6 Å². The highest BCUT2D eigenvalue weighted by molar-refractivity contribution is 14.1. The van der Waals surface area contributed by atoms with Crippen LogP contribution >= 0.6 is 38.5 Å². The van der Waals surface area contributed by atoms with Crippen molar-refractivity contribution in [3.05, 3.63) is 109 Å². The van der Waals surface area contributed by atoms with E-state index in [0.717, 1.165) is 27.5 Å². The first-order valence-corrected chi connectivity index (χ1v) is 12.6. The fraction of sp³-hybridized carbons (Fsp3) is 0.0714. The van der Waals surface area contributed by atoms with E-state index in [2.05, 4.69) is 43.5 Å². The number of cyclic esters (lactones) is 1. The van der Waals surface area contributed by atoms with Gasteiger partial charge in [-0.1, -0.05) is 42.5 Å². The Morgan fingerprint density at radius 3 is 2.54 bits per heavy atom. The number of ether oxygens (including phenoxy) is 3. The van der Waals surface area contributed by atoms with Gasteiger partial charge in [-0.15, -0.1) is 0 Å². The summed E-state index contributed by atoms with van der Waals surface area (Å²) in [7, 11) is 1.58. The minimum Gasteiger partial charge on any atom is -0.493 e. The smallest absolute Gasteiger partial charge is 0.363 e. The maximum absolute atomic E-state index is 12.5. The summed E-state index contributed by atoms with van der Waals surface area (Å²) in [5, 5.41) is 2.16. The SMILES string of the molecule is COc1cc(/C=C2\N=C(c3ccc4ccccc4c3)OC2=O)cc(Br)c1OCc1ccc(I)cc1. The molecular formula is C28H19BrINO4. The van der Waals surface area contributed by atoms with Gasteiger partial charge >= 0.3 is 5.97 Å². The molecule has 174 valence electrons. The normalized spacial score (nSPS) is 14.2. The lowest BCUT2D eigenvalue weighted by molar-refractivity contribution is -0.129. The van der Waals surface area contributed by atoms with Crippen LogP contribution in [0.2, 0.25) is 0 Å². The zero-order chi connectivity index (χ0) is 24.4. The van der Waals surface area contributed by atoms with Gasteiger partial charge in [-0.05, 0) is 103 Å². The first-order valence-electron chi connectivity index (χ1n) is 10.8. The van der Waals surface area contributed by atoms with Crippen molar-refractivity contribution in [3.8, 4) is 11.5 Å². The van der Waals surface area contributed by atoms with Crippen LogP contribution in [-0.4, -0.2) is 19.0 Å². The van der Waals surface area contributed by atoms with E-state index in [4.69, 9.17) is 14.2 Å². The third kappa shape index (κ3) is 5.26. The monoisotopic (exact) mass is 639 g/mol. The van der Waals surface area contributed by atoms with Crippen LogP contribution in [0.5, 0.6) is 11.5 Å². The number of carbonyl (C=O) groups excluding carboxylic acids is 1. The van der Waals surface area contributed by atoms with Crippen molar-refractivity contribution in [2.45, 2.75) is 6.61 Å². The molecule has 0 amide bonds. The number of benzene rings is 4. The molecule has 1 heterocycles. The highest BCUT2D eigenvalue weighted by Gasteiger charge is 2.24. The van der Waals surface area contributed by atoms with E-state index in [1.54, 1.807) is 19.3 Å². The third-order valence-electron chi connectivity index (χ3n) is 5.47. The van der Waals surface area contributed by atoms with E-state index < -0.39 is 5.97 Å². The van der Waals surface area contributed by atoms with Gasteiger partial charge in [0.1, 0.15) is 6.61 Å². The van der Waals surface area contributed by atoms with Crippen molar-refractivity contribution in [2.75, 3.05) is 7.11 Å². The minimum absolute atomic E-state index is 0.217. The summed E-state index contributed by atoms with van der Waals surface area (Å²) < 4.78 is 18.9. The van der Waals surface area contributed by atoms with Crippen molar-refractivity contribution in [2.24, 2.45) is 4.99 Å². The number of fused-ring (bicyclic) bond motifs is 1. The molecule has 1 aliphatic rings. The van der Waals surface area contributed by atoms with E-state index >= 15 is 0 Å². The lowest BCUT2D eigenvalue weighted by atomic mass is 10.1. The van der Waals surface area contributed by atoms with Crippen LogP contribution in [0.4, 0.5) is 0 Å². The molecule has 4 aromatic carbocycles. The first-order chi connectivity index (χ1) is 17.0. The van der Waals surface area contributed by atoms with Crippen LogP contribution in [0.25, 0.3) is 16.8 Å². The van der Waals surface area contributed by atoms with Crippen LogP contribution in [0, 0.1) is 3.57 Å². The van der Waals surface area contributed by atoms with Crippen molar-refractivity contribution in [1.29, 1.82) is 0 Å². The summed E-state index contributed by atoms with van der Waals surface area (Å²) in [6.45, 7) is 0.401. The number of rotatable bonds is 6. The Balaban J connectivity index is 1.40. The van der Waals surface area contributed by atoms with E-state index in [1.807, 2.05) is 72.8 Å². The molecule has 0 spiro atoms. The van der Waals surface area contributed by atoms with Gasteiger partial charge in [-0.3, -0.25) is 0 Å². The highest BCUT2D eigenvalue weighted by atomic mass is 127. The second-order valence-corrected chi connectivity index (χ2v) is 9.95. The van der Waals surface area contributed by atoms with Crippen molar-refractivity contribution >= 4 is 67.2 Å². The molecular weight excluding hydrogens is 621 g/mol. The average molecular weight is 640 g/mol. The molecule has 0 radical (unpaired) electrons. The second-order valence-electron chi connectivity index (χ2n) is 7.85. The molecule has 1 aliphatic heterocycles. The molecule has 35 heavy (non-hydrogen) atoms. The summed E-state index contributed by atoms with van der Waals surface area (Å²) in [5.41, 5.74) is 2.74. The summed E-state index contributed by atoms with van der Waals surface area (Å²) >= 11 is 5.84. The summed E-state index contributed by atoms with van der Waals surface area (Å²) in [6.07, 6.45) is 1.67. The number of aliphatic imine (C=N–C) groups is 1. The highest BCUT2D eigenvalue weighted by Crippen LogP contribution is 2.38. The van der Waals surface area contributed by atoms with Crippen molar-refractivity contribution in [1.82, 2.24) is 0 Å². The van der Waals surface area contributed by atoms with Crippen LogP contribution in [0.15, 0.2) is 94.0 Å². The Bertz CT molecular complexity index is 1500. The number of methoxy groups -OCH3 is 1. The Morgan fingerprint density at radius 2 is 1.77 bits per heavy atom. The summed E-state index contributed by atoms with van der Waals surface area (Å²) in [5.74, 6) is 0.919. The van der Waals surface area contributed by atoms with Crippen LogP contribution < -0.4 is 9.47 Å². The molecule has 0 aromatic heterocycles. The lowest BCUT2D eigenvalue weighted by Gasteiger charge is -2.14. The Hall–Kier alpha value is -3.17. The van der Waals surface area contributed by atoms with Gasteiger partial charge in [0.2, 0.25) is 5.90 Å². The molecule has 5 nitrogen and oxygen atoms in total. The number of hydrogen-bond acceptors (Lipinski definition) is 5. The topological polar surface area (TPSA) is 57.1 Å². The molecule has 0 saturated heterocycles. The molecule has 0 unspecified atom stereocenters. The Kier molecular flexibility index (Phi) is 6.88. The van der Waals surface area contributed by atoms with Crippen LogP contribution in [0.3, 0.4) is 0 Å². The second kappa shape index (κ2) is 10.2. The zero-order valence-corrected chi connectivity index (χ0v) is 22.4. The summed E-state index contributed by atoms with van der Waals surface area (Å²) in [4.78, 5) is 17.0. The first kappa shape index (κ1) is 23.6. The molecule has 4 aromatic rings. The van der Waals surface area contributed by atoms with Gasteiger partial charge in [0.15, 0.2) is 17.2 Å². The van der Waals surface area contributed by atoms with E-state index in [0.29, 0.717) is 22.6 Å². The molecule has 0 aliphatic carbocycles. The molecule has 5 rings (SSSR count). The van der Waals surface area contributed by atoms with Crippen LogP contribution in [0.1, 0.15) is 16.7 Å². The largest absolute Gasteiger partial charge is 0.493 e. The number of halogens is 2. The zero-order valence-electron chi connectivity index (χ0n) is 18.6. The van der Waals surface area contributed by atoms with Crippen molar-refractivity contribution in [3.63, 3.8) is 0 Å². The van der Waals surface area contributed by atoms with Crippen molar-refractivity contribution < 1.29 is 19.0 Å². The van der Waals surface area contributed by atoms with Gasteiger partial charge in [-0.25, -0.2) is 9.79 Å². The van der Waals surface area contributed by atoms with Gasteiger partial charge in [-0.2, -0.15) is 0 Å². The quantitative estimate of drug-likeness (QED) is 0.128. The molecule has 0 atom stereocenters. The van der Waals surface area contributed by atoms with Gasteiger partial charge in [0, 0.05) is 9.13 Å². The van der Waals surface area contributed by atoms with Gasteiger partial charge in [0.05, 0.1) is 11.6 Å². The molecule has 7 heteroatoms. The Morgan fingerprint density at radius 1 is 1.00 bits per heavy atom. The third-order valence-corrected chi connectivity index (χ3v) is 6.78. The fourth-order valence-corrected chi connectivity index (χ4v) is 4.65. The van der Waals surface area contributed by atoms with E-state index in [1.165, 1.54) is 3.57 Å². The van der Waals surface area contributed by atoms with Gasteiger partial charge < -0.3 is 14.2 Å². The lowest BCUT2D eigenvalue weighted by Crippen LogP contribution is -2.05. The van der Waals surface area contributed by atoms with Crippen LogP contribution in [-0.2, 0) is 16.1 Å². The number of hydrogen-bond donors (Lipinski definition) is 0. The molecule has 0 saturated carbocycles. The predicted molar refractivity (Wildman–Crippen MR) is 149 cm³/mol.